The Morgan fingerprint density at radius 2 is 1.65 bits per heavy atom. The zero-order valence-electron chi connectivity index (χ0n) is 17.1. The molecule has 5 rings (SSSR count). The first-order valence-corrected chi connectivity index (χ1v) is 11.2. The third kappa shape index (κ3) is 3.79. The first-order chi connectivity index (χ1) is 15.0. The summed E-state index contributed by atoms with van der Waals surface area (Å²) >= 11 is 3.64. The smallest absolute Gasteiger partial charge is 0.163 e. The van der Waals surface area contributed by atoms with Crippen molar-refractivity contribution in [2.24, 2.45) is 0 Å². The summed E-state index contributed by atoms with van der Waals surface area (Å²) in [5.41, 5.74) is 6.81. The number of nitrogens with one attached hydrogen (secondary N) is 2. The Hall–Kier alpha value is -2.92. The van der Waals surface area contributed by atoms with Crippen LogP contribution in [0.15, 0.2) is 82.5 Å². The molecule has 1 aliphatic heterocycles. The number of anilines is 2. The summed E-state index contributed by atoms with van der Waals surface area (Å²) in [6.45, 7) is 2.05. The van der Waals surface area contributed by atoms with E-state index in [2.05, 4.69) is 51.7 Å². The Bertz CT molecular complexity index is 1200. The molecule has 1 heterocycles. The van der Waals surface area contributed by atoms with E-state index in [1.54, 1.807) is 12.1 Å². The van der Waals surface area contributed by atoms with Crippen LogP contribution in [0.1, 0.15) is 41.5 Å². The average molecular weight is 477 g/mol. The van der Waals surface area contributed by atoms with Gasteiger partial charge in [0, 0.05) is 22.2 Å². The van der Waals surface area contributed by atoms with Crippen molar-refractivity contribution in [3.8, 4) is 0 Å². The Morgan fingerprint density at radius 1 is 0.935 bits per heavy atom. The molecule has 0 saturated heterocycles. The van der Waals surface area contributed by atoms with Crippen LogP contribution in [-0.2, 0) is 4.79 Å². The molecule has 0 spiro atoms. The van der Waals surface area contributed by atoms with Gasteiger partial charge in [0.25, 0.3) is 0 Å². The van der Waals surface area contributed by atoms with E-state index in [-0.39, 0.29) is 23.6 Å². The number of hydrogen-bond acceptors (Lipinski definition) is 3. The predicted molar refractivity (Wildman–Crippen MR) is 126 cm³/mol. The molecule has 31 heavy (non-hydrogen) atoms. The normalized spacial score (nSPS) is 20.3. The lowest BCUT2D eigenvalue weighted by Gasteiger charge is -2.30. The minimum Gasteiger partial charge on any atom is -0.372 e. The highest BCUT2D eigenvalue weighted by atomic mass is 79.9. The summed E-state index contributed by atoms with van der Waals surface area (Å²) < 4.78 is 14.4. The molecule has 5 heteroatoms. The topological polar surface area (TPSA) is 41.1 Å². The fraction of sp³-hybridized carbons (Fsp3) is 0.192. The lowest BCUT2D eigenvalue weighted by atomic mass is 9.78. The molecule has 2 unspecified atom stereocenters. The maximum atomic E-state index is 13.5. The van der Waals surface area contributed by atoms with Crippen LogP contribution >= 0.6 is 15.9 Å². The van der Waals surface area contributed by atoms with Crippen molar-refractivity contribution in [2.45, 2.75) is 31.7 Å². The van der Waals surface area contributed by atoms with Crippen molar-refractivity contribution in [3.05, 3.63) is 105 Å². The van der Waals surface area contributed by atoms with E-state index < -0.39 is 0 Å². The van der Waals surface area contributed by atoms with Crippen molar-refractivity contribution in [1.29, 1.82) is 0 Å². The molecule has 156 valence electrons. The quantitative estimate of drug-likeness (QED) is 0.423. The van der Waals surface area contributed by atoms with E-state index in [9.17, 15) is 9.18 Å². The Kier molecular flexibility index (Phi) is 5.14. The van der Waals surface area contributed by atoms with Gasteiger partial charge in [-0.3, -0.25) is 4.79 Å². The average Bonchev–Trinajstić information content (AvgIpc) is 2.93. The van der Waals surface area contributed by atoms with Crippen LogP contribution in [0.3, 0.4) is 0 Å². The molecule has 2 N–H and O–H groups in total. The first kappa shape index (κ1) is 20.0. The molecule has 0 saturated carbocycles. The Labute approximate surface area is 189 Å². The van der Waals surface area contributed by atoms with Crippen molar-refractivity contribution < 1.29 is 9.18 Å². The molecule has 0 amide bonds. The summed E-state index contributed by atoms with van der Waals surface area (Å²) in [7, 11) is 0. The standard InChI is InChI=1S/C26H22BrFN2O/c1-15-6-7-17(12-20(15)27)26-25-23(29-21-4-2-3-5-22(21)30-26)13-18(14-24(25)31)16-8-10-19(28)11-9-16/h2-12,18,26,29-30H,13-14H2,1H3. The highest BCUT2D eigenvalue weighted by molar-refractivity contribution is 9.10. The Morgan fingerprint density at radius 3 is 2.39 bits per heavy atom. The summed E-state index contributed by atoms with van der Waals surface area (Å²) in [5.74, 6) is -0.124. The zero-order valence-corrected chi connectivity index (χ0v) is 18.7. The number of carbonyl (C=O) groups excluding carboxylic acids is 1. The fourth-order valence-corrected chi connectivity index (χ4v) is 4.90. The summed E-state index contributed by atoms with van der Waals surface area (Å²) in [6, 6.07) is 20.5. The van der Waals surface area contributed by atoms with Crippen LogP contribution in [0, 0.1) is 12.7 Å². The molecule has 0 fully saturated rings. The maximum absolute atomic E-state index is 13.5. The van der Waals surface area contributed by atoms with Crippen LogP contribution in [0.2, 0.25) is 0 Å². The molecule has 3 aromatic rings. The van der Waals surface area contributed by atoms with E-state index in [4.69, 9.17) is 0 Å². The van der Waals surface area contributed by atoms with Crippen LogP contribution in [-0.4, -0.2) is 5.78 Å². The number of allylic oxidation sites excluding steroid dienone is 1. The minimum absolute atomic E-state index is 0.0232. The van der Waals surface area contributed by atoms with E-state index in [0.29, 0.717) is 12.8 Å². The van der Waals surface area contributed by atoms with Crippen molar-refractivity contribution in [3.63, 3.8) is 0 Å². The first-order valence-electron chi connectivity index (χ1n) is 10.4. The minimum atomic E-state index is -0.262. The van der Waals surface area contributed by atoms with Crippen molar-refractivity contribution in [1.82, 2.24) is 0 Å². The molecule has 3 aromatic carbocycles. The molecule has 3 nitrogen and oxygen atoms in total. The van der Waals surface area contributed by atoms with E-state index >= 15 is 0 Å². The molecule has 0 bridgehead atoms. The molecule has 2 atom stereocenters. The van der Waals surface area contributed by atoms with Gasteiger partial charge in [0.15, 0.2) is 5.78 Å². The lowest BCUT2D eigenvalue weighted by molar-refractivity contribution is -0.116. The fourth-order valence-electron chi connectivity index (χ4n) is 4.50. The van der Waals surface area contributed by atoms with Gasteiger partial charge in [-0.05, 0) is 66.3 Å². The number of carbonyl (C=O) groups is 1. The van der Waals surface area contributed by atoms with Gasteiger partial charge in [0.2, 0.25) is 0 Å². The van der Waals surface area contributed by atoms with Crippen LogP contribution in [0.25, 0.3) is 0 Å². The van der Waals surface area contributed by atoms with Crippen molar-refractivity contribution in [2.75, 3.05) is 10.6 Å². The molecule has 2 aliphatic rings. The van der Waals surface area contributed by atoms with Gasteiger partial charge in [-0.15, -0.1) is 0 Å². The number of Topliss-reactive ketones (excluding diaryl/α,β-unsaturated/α-hetero) is 1. The largest absolute Gasteiger partial charge is 0.372 e. The van der Waals surface area contributed by atoms with Gasteiger partial charge in [-0.2, -0.15) is 0 Å². The number of benzene rings is 3. The summed E-state index contributed by atoms with van der Waals surface area (Å²) in [6.07, 6.45) is 1.11. The second kappa shape index (κ2) is 7.97. The van der Waals surface area contributed by atoms with Crippen LogP contribution in [0.5, 0.6) is 0 Å². The van der Waals surface area contributed by atoms with Gasteiger partial charge >= 0.3 is 0 Å². The van der Waals surface area contributed by atoms with Crippen LogP contribution < -0.4 is 10.6 Å². The second-order valence-electron chi connectivity index (χ2n) is 8.23. The summed E-state index contributed by atoms with van der Waals surface area (Å²) in [5, 5.41) is 7.14. The molecular weight excluding hydrogens is 455 g/mol. The number of aryl methyl sites for hydroxylation is 1. The zero-order chi connectivity index (χ0) is 21.5. The highest BCUT2D eigenvalue weighted by Gasteiger charge is 2.36. The monoisotopic (exact) mass is 476 g/mol. The maximum Gasteiger partial charge on any atom is 0.163 e. The number of rotatable bonds is 2. The van der Waals surface area contributed by atoms with Crippen molar-refractivity contribution >= 4 is 33.1 Å². The lowest BCUT2D eigenvalue weighted by Crippen LogP contribution is -2.26. The second-order valence-corrected chi connectivity index (χ2v) is 9.08. The Balaban J connectivity index is 1.61. The number of ketones is 1. The third-order valence-electron chi connectivity index (χ3n) is 6.18. The van der Waals surface area contributed by atoms with Gasteiger partial charge in [0.05, 0.1) is 17.4 Å². The predicted octanol–water partition coefficient (Wildman–Crippen LogP) is 6.88. The highest BCUT2D eigenvalue weighted by Crippen LogP contribution is 2.44. The number of halogens is 2. The van der Waals surface area contributed by atoms with Gasteiger partial charge in [-0.1, -0.05) is 52.3 Å². The van der Waals surface area contributed by atoms with E-state index in [1.807, 2.05) is 24.3 Å². The van der Waals surface area contributed by atoms with Crippen LogP contribution in [0.4, 0.5) is 15.8 Å². The van der Waals surface area contributed by atoms with E-state index in [1.165, 1.54) is 12.1 Å². The molecular formula is C26H22BrFN2O. The molecule has 1 aliphatic carbocycles. The van der Waals surface area contributed by atoms with Gasteiger partial charge in [-0.25, -0.2) is 4.39 Å². The molecule has 0 radical (unpaired) electrons. The number of hydrogen-bond donors (Lipinski definition) is 2. The number of fused-ring (bicyclic) bond motifs is 1. The van der Waals surface area contributed by atoms with Gasteiger partial charge < -0.3 is 10.6 Å². The molecule has 0 aromatic heterocycles. The number of para-hydroxylation sites is 2. The third-order valence-corrected chi connectivity index (χ3v) is 7.03. The SMILES string of the molecule is Cc1ccc(C2Nc3ccccc3NC3=C2C(=O)CC(c2ccc(F)cc2)C3)cc1Br. The summed E-state index contributed by atoms with van der Waals surface area (Å²) in [4.78, 5) is 13.5. The van der Waals surface area contributed by atoms with Gasteiger partial charge in [0.1, 0.15) is 5.82 Å². The van der Waals surface area contributed by atoms with E-state index in [0.717, 1.165) is 43.8 Å².